The summed E-state index contributed by atoms with van der Waals surface area (Å²) in [6.45, 7) is 7.22. The number of carbonyl (C=O) groups is 3. The minimum atomic E-state index is -1.41. The highest BCUT2D eigenvalue weighted by atomic mass is 16.6. The van der Waals surface area contributed by atoms with E-state index in [4.69, 9.17) is 9.47 Å². The molecule has 0 unspecified atom stereocenters. The van der Waals surface area contributed by atoms with Crippen molar-refractivity contribution in [3.63, 3.8) is 0 Å². The topological polar surface area (TPSA) is 93.7 Å². The van der Waals surface area contributed by atoms with Crippen molar-refractivity contribution in [1.29, 1.82) is 0 Å². The maximum absolute atomic E-state index is 12.2. The number of rotatable bonds is 2. The molecule has 1 aliphatic heterocycles. The third-order valence-electron chi connectivity index (χ3n) is 3.45. The molecule has 0 spiro atoms. The van der Waals surface area contributed by atoms with Crippen molar-refractivity contribution in [2.24, 2.45) is 5.92 Å². The van der Waals surface area contributed by atoms with Gasteiger partial charge in [0.25, 0.3) is 0 Å². The summed E-state index contributed by atoms with van der Waals surface area (Å²) in [5.74, 6) is -1.69. The number of methoxy groups -OCH3 is 1. The molecule has 0 radical (unpaired) electrons. The average molecular weight is 300 g/mol. The van der Waals surface area contributed by atoms with E-state index < -0.39 is 29.1 Å². The molecule has 0 aromatic carbocycles. The summed E-state index contributed by atoms with van der Waals surface area (Å²) in [6.07, 6.45) is 0.120. The Labute approximate surface area is 124 Å². The number of nitrogens with one attached hydrogen (secondary N) is 2. The van der Waals surface area contributed by atoms with Gasteiger partial charge in [0.05, 0.1) is 13.0 Å². The van der Waals surface area contributed by atoms with E-state index in [1.807, 2.05) is 0 Å². The van der Waals surface area contributed by atoms with Crippen LogP contribution < -0.4 is 10.6 Å². The molecule has 2 N–H and O–H groups in total. The predicted octanol–water partition coefficient (Wildman–Crippen LogP) is 0.969. The fourth-order valence-electron chi connectivity index (χ4n) is 2.34. The fraction of sp³-hybridized carbons (Fsp3) is 0.786. The molecule has 7 nitrogen and oxygen atoms in total. The van der Waals surface area contributed by atoms with Crippen LogP contribution in [-0.4, -0.2) is 42.8 Å². The first-order chi connectivity index (χ1) is 9.62. The Bertz CT molecular complexity index is 430. The SMILES string of the molecule is COC(=O)[C@]1(NC(=O)OC(C)(C)C)CCCNC(=O)[C@@H]1C. The van der Waals surface area contributed by atoms with Gasteiger partial charge < -0.3 is 20.1 Å². The number of ether oxygens (including phenoxy) is 2. The molecule has 120 valence electrons. The van der Waals surface area contributed by atoms with Crippen LogP contribution in [0.2, 0.25) is 0 Å². The molecule has 0 aromatic heterocycles. The van der Waals surface area contributed by atoms with Gasteiger partial charge in [-0.2, -0.15) is 0 Å². The van der Waals surface area contributed by atoms with E-state index in [1.165, 1.54) is 7.11 Å². The Kier molecular flexibility index (Phi) is 5.20. The monoisotopic (exact) mass is 300 g/mol. The molecule has 1 rings (SSSR count). The van der Waals surface area contributed by atoms with E-state index in [0.717, 1.165) is 0 Å². The van der Waals surface area contributed by atoms with Crippen LogP contribution in [0.4, 0.5) is 4.79 Å². The normalized spacial score (nSPS) is 26.3. The Hall–Kier alpha value is -1.79. The average Bonchev–Trinajstić information content (AvgIpc) is 2.50. The zero-order valence-electron chi connectivity index (χ0n) is 13.2. The van der Waals surface area contributed by atoms with Crippen LogP contribution >= 0.6 is 0 Å². The molecule has 0 bridgehead atoms. The summed E-state index contributed by atoms with van der Waals surface area (Å²) in [4.78, 5) is 36.3. The Balaban J connectivity index is 3.06. The Morgan fingerprint density at radius 1 is 1.38 bits per heavy atom. The van der Waals surface area contributed by atoms with Crippen LogP contribution in [-0.2, 0) is 19.1 Å². The second-order valence-electron chi connectivity index (χ2n) is 6.21. The van der Waals surface area contributed by atoms with Crippen LogP contribution in [0.3, 0.4) is 0 Å². The zero-order valence-corrected chi connectivity index (χ0v) is 13.2. The molecule has 2 amide bonds. The maximum Gasteiger partial charge on any atom is 0.408 e. The highest BCUT2D eigenvalue weighted by molar-refractivity contribution is 5.93. The van der Waals surface area contributed by atoms with Gasteiger partial charge in [0, 0.05) is 6.54 Å². The number of hydrogen-bond donors (Lipinski definition) is 2. The van der Waals surface area contributed by atoms with E-state index in [0.29, 0.717) is 19.4 Å². The smallest absolute Gasteiger partial charge is 0.408 e. The van der Waals surface area contributed by atoms with Crippen molar-refractivity contribution in [3.8, 4) is 0 Å². The minimum absolute atomic E-state index is 0.297. The van der Waals surface area contributed by atoms with Crippen LogP contribution in [0, 0.1) is 5.92 Å². The van der Waals surface area contributed by atoms with E-state index in [2.05, 4.69) is 10.6 Å². The van der Waals surface area contributed by atoms with E-state index >= 15 is 0 Å². The molecular weight excluding hydrogens is 276 g/mol. The van der Waals surface area contributed by atoms with Crippen molar-refractivity contribution < 1.29 is 23.9 Å². The summed E-state index contributed by atoms with van der Waals surface area (Å²) in [5.41, 5.74) is -2.10. The second kappa shape index (κ2) is 6.32. The molecule has 0 aromatic rings. The highest BCUT2D eigenvalue weighted by Gasteiger charge is 2.50. The summed E-state index contributed by atoms with van der Waals surface area (Å²) >= 11 is 0. The van der Waals surface area contributed by atoms with Gasteiger partial charge in [-0.25, -0.2) is 9.59 Å². The highest BCUT2D eigenvalue weighted by Crippen LogP contribution is 2.28. The van der Waals surface area contributed by atoms with E-state index in [-0.39, 0.29) is 5.91 Å². The quantitative estimate of drug-likeness (QED) is 0.741. The van der Waals surface area contributed by atoms with Gasteiger partial charge in [-0.3, -0.25) is 4.79 Å². The summed E-state index contributed by atoms with van der Waals surface area (Å²) < 4.78 is 10.0. The van der Waals surface area contributed by atoms with Crippen LogP contribution in [0.1, 0.15) is 40.5 Å². The molecule has 21 heavy (non-hydrogen) atoms. The van der Waals surface area contributed by atoms with E-state index in [1.54, 1.807) is 27.7 Å². The van der Waals surface area contributed by atoms with Crippen LogP contribution in [0.25, 0.3) is 0 Å². The number of carbonyl (C=O) groups excluding carboxylic acids is 3. The van der Waals surface area contributed by atoms with Crippen LogP contribution in [0.5, 0.6) is 0 Å². The lowest BCUT2D eigenvalue weighted by Crippen LogP contribution is -2.61. The third kappa shape index (κ3) is 4.09. The fourth-order valence-corrected chi connectivity index (χ4v) is 2.34. The number of esters is 1. The van der Waals surface area contributed by atoms with Gasteiger partial charge in [0.15, 0.2) is 5.54 Å². The van der Waals surface area contributed by atoms with Gasteiger partial charge in [0.2, 0.25) is 5.91 Å². The molecule has 1 saturated heterocycles. The Morgan fingerprint density at radius 2 is 2.00 bits per heavy atom. The molecule has 0 aliphatic carbocycles. The summed E-state index contributed by atoms with van der Waals surface area (Å²) in [5, 5.41) is 5.27. The van der Waals surface area contributed by atoms with Crippen molar-refractivity contribution in [3.05, 3.63) is 0 Å². The minimum Gasteiger partial charge on any atom is -0.467 e. The number of amides is 2. The lowest BCUT2D eigenvalue weighted by Gasteiger charge is -2.35. The molecule has 7 heteroatoms. The number of hydrogen-bond acceptors (Lipinski definition) is 5. The van der Waals surface area contributed by atoms with Crippen molar-refractivity contribution in [2.45, 2.75) is 51.7 Å². The van der Waals surface area contributed by atoms with Gasteiger partial charge >= 0.3 is 12.1 Å². The first kappa shape index (κ1) is 17.3. The zero-order chi connectivity index (χ0) is 16.3. The van der Waals surface area contributed by atoms with Crippen molar-refractivity contribution in [2.75, 3.05) is 13.7 Å². The Morgan fingerprint density at radius 3 is 2.52 bits per heavy atom. The van der Waals surface area contributed by atoms with Crippen molar-refractivity contribution >= 4 is 18.0 Å². The van der Waals surface area contributed by atoms with E-state index in [9.17, 15) is 14.4 Å². The van der Waals surface area contributed by atoms with Gasteiger partial charge in [-0.05, 0) is 33.6 Å². The first-order valence-electron chi connectivity index (χ1n) is 6.99. The molecule has 0 saturated carbocycles. The molecular formula is C14H24N2O5. The summed E-state index contributed by atoms with van der Waals surface area (Å²) in [6, 6.07) is 0. The third-order valence-corrected chi connectivity index (χ3v) is 3.45. The predicted molar refractivity (Wildman–Crippen MR) is 75.5 cm³/mol. The molecule has 2 atom stereocenters. The van der Waals surface area contributed by atoms with Gasteiger partial charge in [-0.15, -0.1) is 0 Å². The van der Waals surface area contributed by atoms with Crippen LogP contribution in [0.15, 0.2) is 0 Å². The second-order valence-corrected chi connectivity index (χ2v) is 6.21. The number of alkyl carbamates (subject to hydrolysis) is 1. The van der Waals surface area contributed by atoms with Crippen molar-refractivity contribution in [1.82, 2.24) is 10.6 Å². The van der Waals surface area contributed by atoms with Gasteiger partial charge in [0.1, 0.15) is 5.60 Å². The molecule has 1 aliphatic rings. The maximum atomic E-state index is 12.2. The van der Waals surface area contributed by atoms with Gasteiger partial charge in [-0.1, -0.05) is 6.92 Å². The molecule has 1 heterocycles. The lowest BCUT2D eigenvalue weighted by atomic mass is 9.81. The lowest BCUT2D eigenvalue weighted by molar-refractivity contribution is -0.153. The molecule has 1 fully saturated rings. The largest absolute Gasteiger partial charge is 0.467 e. The summed E-state index contributed by atoms with van der Waals surface area (Å²) in [7, 11) is 1.23. The standard InChI is InChI=1S/C14H24N2O5/c1-9-10(17)15-8-6-7-14(9,11(18)20-5)16-12(19)21-13(2,3)4/h9H,6-8H2,1-5H3,(H,15,17)(H,16,19)/t9-,14-/m0/s1. The first-order valence-corrected chi connectivity index (χ1v) is 6.99.